The van der Waals surface area contributed by atoms with Crippen LogP contribution in [-0.4, -0.2) is 20.3 Å². The smallest absolute Gasteiger partial charge is 0.191 e. The summed E-state index contributed by atoms with van der Waals surface area (Å²) in [5, 5.41) is 0. The summed E-state index contributed by atoms with van der Waals surface area (Å²) in [6, 6.07) is 15.7. The molecule has 2 aromatic carbocycles. The lowest BCUT2D eigenvalue weighted by Gasteiger charge is -2.34. The minimum absolute atomic E-state index is 0.521. The molecule has 4 nitrogen and oxygen atoms in total. The fourth-order valence-corrected chi connectivity index (χ4v) is 2.54. The second kappa shape index (κ2) is 7.02. The lowest BCUT2D eigenvalue weighted by Crippen LogP contribution is -2.34. The van der Waals surface area contributed by atoms with E-state index in [1.54, 1.807) is 7.11 Å². The van der Waals surface area contributed by atoms with Crippen LogP contribution in [0.15, 0.2) is 48.5 Å². The lowest BCUT2D eigenvalue weighted by atomic mass is 10.1. The molecule has 0 spiro atoms. The number of ether oxygens (including phenoxy) is 4. The van der Waals surface area contributed by atoms with E-state index >= 15 is 0 Å². The van der Waals surface area contributed by atoms with E-state index < -0.39 is 5.79 Å². The maximum Gasteiger partial charge on any atom is 0.191 e. The summed E-state index contributed by atoms with van der Waals surface area (Å²) in [4.78, 5) is 0. The highest BCUT2D eigenvalue weighted by Crippen LogP contribution is 2.31. The standard InChI is InChI=1S/C19H22O4/c1-19(22-12-3-13-23-19)16-6-10-18(11-7-16)21-14-15-4-8-17(20-2)9-5-15/h4-11H,3,12-14H2,1-2H3. The summed E-state index contributed by atoms with van der Waals surface area (Å²) in [5.41, 5.74) is 2.11. The Hall–Kier alpha value is -2.04. The van der Waals surface area contributed by atoms with E-state index in [0.29, 0.717) is 6.61 Å². The van der Waals surface area contributed by atoms with Gasteiger partial charge in [-0.3, -0.25) is 0 Å². The Morgan fingerprint density at radius 3 is 2.13 bits per heavy atom. The molecule has 1 aliphatic heterocycles. The molecule has 1 aliphatic rings. The van der Waals surface area contributed by atoms with E-state index in [0.717, 1.165) is 42.3 Å². The van der Waals surface area contributed by atoms with Gasteiger partial charge in [-0.05, 0) is 55.3 Å². The molecule has 0 aromatic heterocycles. The number of rotatable bonds is 5. The highest BCUT2D eigenvalue weighted by Gasteiger charge is 2.30. The molecule has 0 radical (unpaired) electrons. The number of hydrogen-bond donors (Lipinski definition) is 0. The van der Waals surface area contributed by atoms with Gasteiger partial charge in [-0.2, -0.15) is 0 Å². The van der Waals surface area contributed by atoms with Crippen molar-refractivity contribution in [1.29, 1.82) is 0 Å². The molecular formula is C19H22O4. The summed E-state index contributed by atoms with van der Waals surface area (Å²) in [6.45, 7) is 3.94. The SMILES string of the molecule is COc1ccc(COc2ccc(C3(C)OCCCO3)cc2)cc1. The Morgan fingerprint density at radius 2 is 1.52 bits per heavy atom. The van der Waals surface area contributed by atoms with Crippen LogP contribution in [0.5, 0.6) is 11.5 Å². The molecule has 0 unspecified atom stereocenters. The van der Waals surface area contributed by atoms with Crippen LogP contribution in [0.2, 0.25) is 0 Å². The van der Waals surface area contributed by atoms with Crippen LogP contribution in [0.3, 0.4) is 0 Å². The Morgan fingerprint density at radius 1 is 0.913 bits per heavy atom. The van der Waals surface area contributed by atoms with Gasteiger partial charge in [-0.1, -0.05) is 12.1 Å². The molecule has 1 saturated heterocycles. The van der Waals surface area contributed by atoms with Crippen molar-refractivity contribution < 1.29 is 18.9 Å². The Kier molecular flexibility index (Phi) is 4.84. The van der Waals surface area contributed by atoms with E-state index in [1.165, 1.54) is 0 Å². The molecule has 1 fully saturated rings. The lowest BCUT2D eigenvalue weighted by molar-refractivity contribution is -0.264. The van der Waals surface area contributed by atoms with E-state index in [4.69, 9.17) is 18.9 Å². The Balaban J connectivity index is 1.60. The molecule has 0 amide bonds. The van der Waals surface area contributed by atoms with Crippen molar-refractivity contribution in [3.05, 3.63) is 59.7 Å². The van der Waals surface area contributed by atoms with Gasteiger partial charge in [0.2, 0.25) is 0 Å². The third-order valence-corrected chi connectivity index (χ3v) is 3.99. The van der Waals surface area contributed by atoms with Gasteiger partial charge in [-0.25, -0.2) is 0 Å². The van der Waals surface area contributed by atoms with Gasteiger partial charge in [-0.15, -0.1) is 0 Å². The summed E-state index contributed by atoms with van der Waals surface area (Å²) in [5.74, 6) is 1.02. The van der Waals surface area contributed by atoms with Crippen molar-refractivity contribution in [3.8, 4) is 11.5 Å². The fourth-order valence-electron chi connectivity index (χ4n) is 2.54. The van der Waals surface area contributed by atoms with Gasteiger partial charge in [0.05, 0.1) is 20.3 Å². The maximum atomic E-state index is 5.82. The van der Waals surface area contributed by atoms with Gasteiger partial charge < -0.3 is 18.9 Å². The number of benzene rings is 2. The molecule has 0 bridgehead atoms. The first kappa shape index (κ1) is 15.8. The average Bonchev–Trinajstić information content (AvgIpc) is 2.61. The number of hydrogen-bond acceptors (Lipinski definition) is 4. The second-order valence-electron chi connectivity index (χ2n) is 5.66. The van der Waals surface area contributed by atoms with Crippen LogP contribution < -0.4 is 9.47 Å². The van der Waals surface area contributed by atoms with E-state index in [1.807, 2.05) is 55.5 Å². The predicted octanol–water partition coefficient (Wildman–Crippen LogP) is 3.88. The van der Waals surface area contributed by atoms with Crippen LogP contribution in [0, 0.1) is 0 Å². The third-order valence-electron chi connectivity index (χ3n) is 3.99. The number of methoxy groups -OCH3 is 1. The fraction of sp³-hybridized carbons (Fsp3) is 0.368. The maximum absolute atomic E-state index is 5.82. The van der Waals surface area contributed by atoms with Crippen molar-refractivity contribution >= 4 is 0 Å². The highest BCUT2D eigenvalue weighted by molar-refractivity contribution is 5.31. The molecule has 3 rings (SSSR count). The zero-order valence-electron chi connectivity index (χ0n) is 13.6. The van der Waals surface area contributed by atoms with Gasteiger partial charge in [0.15, 0.2) is 5.79 Å². The van der Waals surface area contributed by atoms with Crippen molar-refractivity contribution in [1.82, 2.24) is 0 Å². The minimum atomic E-state index is -0.646. The molecule has 0 atom stereocenters. The first-order valence-electron chi connectivity index (χ1n) is 7.84. The average molecular weight is 314 g/mol. The van der Waals surface area contributed by atoms with Gasteiger partial charge >= 0.3 is 0 Å². The van der Waals surface area contributed by atoms with Crippen molar-refractivity contribution in [2.45, 2.75) is 25.7 Å². The topological polar surface area (TPSA) is 36.9 Å². The van der Waals surface area contributed by atoms with Gasteiger partial charge in [0.1, 0.15) is 18.1 Å². The zero-order valence-corrected chi connectivity index (χ0v) is 13.6. The summed E-state index contributed by atoms with van der Waals surface area (Å²) in [6.07, 6.45) is 0.943. The van der Waals surface area contributed by atoms with Gasteiger partial charge in [0.25, 0.3) is 0 Å². The van der Waals surface area contributed by atoms with E-state index in [-0.39, 0.29) is 0 Å². The zero-order chi connectivity index (χ0) is 16.1. The van der Waals surface area contributed by atoms with Crippen LogP contribution in [0.1, 0.15) is 24.5 Å². The van der Waals surface area contributed by atoms with E-state index in [9.17, 15) is 0 Å². The van der Waals surface area contributed by atoms with Crippen molar-refractivity contribution in [3.63, 3.8) is 0 Å². The second-order valence-corrected chi connectivity index (χ2v) is 5.66. The van der Waals surface area contributed by atoms with Crippen molar-refractivity contribution in [2.75, 3.05) is 20.3 Å². The van der Waals surface area contributed by atoms with Crippen molar-refractivity contribution in [2.24, 2.45) is 0 Å². The third kappa shape index (κ3) is 3.84. The summed E-state index contributed by atoms with van der Waals surface area (Å²) in [7, 11) is 1.66. The van der Waals surface area contributed by atoms with Crippen LogP contribution in [0.4, 0.5) is 0 Å². The first-order valence-corrected chi connectivity index (χ1v) is 7.84. The van der Waals surface area contributed by atoms with E-state index in [2.05, 4.69) is 0 Å². The molecule has 4 heteroatoms. The monoisotopic (exact) mass is 314 g/mol. The Labute approximate surface area is 136 Å². The molecular weight excluding hydrogens is 292 g/mol. The molecule has 2 aromatic rings. The minimum Gasteiger partial charge on any atom is -0.497 e. The molecule has 1 heterocycles. The quantitative estimate of drug-likeness (QED) is 0.839. The summed E-state index contributed by atoms with van der Waals surface area (Å²) < 4.78 is 22.5. The molecule has 0 aliphatic carbocycles. The summed E-state index contributed by atoms with van der Waals surface area (Å²) >= 11 is 0. The van der Waals surface area contributed by atoms with Gasteiger partial charge in [0, 0.05) is 5.56 Å². The Bertz CT molecular complexity index is 613. The molecule has 23 heavy (non-hydrogen) atoms. The van der Waals surface area contributed by atoms with Crippen LogP contribution in [-0.2, 0) is 21.9 Å². The first-order chi connectivity index (χ1) is 11.2. The van der Waals surface area contributed by atoms with Crippen LogP contribution >= 0.6 is 0 Å². The normalized spacial score (nSPS) is 16.8. The highest BCUT2D eigenvalue weighted by atomic mass is 16.7. The molecule has 122 valence electrons. The van der Waals surface area contributed by atoms with Crippen LogP contribution in [0.25, 0.3) is 0 Å². The largest absolute Gasteiger partial charge is 0.497 e. The molecule has 0 N–H and O–H groups in total. The predicted molar refractivity (Wildman–Crippen MR) is 87.6 cm³/mol. The molecule has 0 saturated carbocycles.